The number of nitrogens with zero attached hydrogens (tertiary/aromatic N) is 2. The molecule has 6 nitrogen and oxygen atoms in total. The van der Waals surface area contributed by atoms with Crippen molar-refractivity contribution in [3.8, 4) is 0 Å². The second kappa shape index (κ2) is 7.61. The summed E-state index contributed by atoms with van der Waals surface area (Å²) >= 11 is 0. The quantitative estimate of drug-likeness (QED) is 0.786. The maximum atomic E-state index is 12.9. The standard InChI is InChI=1S/C22H21N3O3.ClH/c26-20(24-12-16-9-23-10-17(16)13-24)15-5-3-4-14(8-15)11-25-21(27)18-6-1-2-7-19(18)22(25)28;/h1-8,16-17,23H,9-13H2;1H/t16-,17+;. The van der Waals surface area contributed by atoms with E-state index in [1.54, 1.807) is 36.4 Å². The van der Waals surface area contributed by atoms with E-state index in [0.29, 0.717) is 28.5 Å². The third-order valence-corrected chi connectivity index (χ3v) is 6.07. The fourth-order valence-electron chi connectivity index (χ4n) is 4.57. The van der Waals surface area contributed by atoms with Crippen LogP contribution in [-0.2, 0) is 6.54 Å². The molecule has 29 heavy (non-hydrogen) atoms. The molecule has 150 valence electrons. The van der Waals surface area contributed by atoms with Crippen molar-refractivity contribution < 1.29 is 14.4 Å². The van der Waals surface area contributed by atoms with Crippen molar-refractivity contribution in [2.24, 2.45) is 11.8 Å². The van der Waals surface area contributed by atoms with Crippen LogP contribution in [0.5, 0.6) is 0 Å². The van der Waals surface area contributed by atoms with E-state index >= 15 is 0 Å². The molecule has 1 N–H and O–H groups in total. The Kier molecular flexibility index (Phi) is 5.15. The predicted molar refractivity (Wildman–Crippen MR) is 110 cm³/mol. The zero-order chi connectivity index (χ0) is 19.3. The molecule has 2 atom stereocenters. The number of hydrogen-bond acceptors (Lipinski definition) is 4. The van der Waals surface area contributed by atoms with Crippen LogP contribution in [0.1, 0.15) is 36.6 Å². The van der Waals surface area contributed by atoms with E-state index in [1.165, 1.54) is 4.90 Å². The molecule has 0 aliphatic carbocycles. The third-order valence-electron chi connectivity index (χ3n) is 6.07. The Morgan fingerprint density at radius 2 is 1.55 bits per heavy atom. The highest BCUT2D eigenvalue weighted by Crippen LogP contribution is 2.28. The summed E-state index contributed by atoms with van der Waals surface area (Å²) in [6.07, 6.45) is 0. The highest BCUT2D eigenvalue weighted by molar-refractivity contribution is 6.21. The molecule has 3 amide bonds. The molecule has 0 spiro atoms. The second-order valence-corrected chi connectivity index (χ2v) is 7.83. The number of imide groups is 1. The summed E-state index contributed by atoms with van der Waals surface area (Å²) in [6.45, 7) is 3.71. The summed E-state index contributed by atoms with van der Waals surface area (Å²) in [4.78, 5) is 41.3. The van der Waals surface area contributed by atoms with Crippen molar-refractivity contribution in [3.63, 3.8) is 0 Å². The summed E-state index contributed by atoms with van der Waals surface area (Å²) in [6, 6.07) is 14.1. The first-order valence-corrected chi connectivity index (χ1v) is 9.66. The topological polar surface area (TPSA) is 69.7 Å². The number of halogens is 1. The Labute approximate surface area is 175 Å². The van der Waals surface area contributed by atoms with Gasteiger partial charge in [0.25, 0.3) is 17.7 Å². The summed E-state index contributed by atoms with van der Waals surface area (Å²) in [7, 11) is 0. The van der Waals surface area contributed by atoms with Crippen LogP contribution in [0.3, 0.4) is 0 Å². The molecule has 2 fully saturated rings. The van der Waals surface area contributed by atoms with E-state index in [2.05, 4.69) is 5.32 Å². The van der Waals surface area contributed by atoms with Gasteiger partial charge in [0.1, 0.15) is 0 Å². The number of carbonyl (C=O) groups excluding carboxylic acids is 3. The summed E-state index contributed by atoms with van der Waals surface area (Å²) in [5.74, 6) is 0.559. The Bertz CT molecular complexity index is 946. The molecule has 0 radical (unpaired) electrons. The molecular formula is C22H22ClN3O3. The van der Waals surface area contributed by atoms with E-state index in [1.807, 2.05) is 17.0 Å². The van der Waals surface area contributed by atoms with Crippen molar-refractivity contribution in [3.05, 3.63) is 70.8 Å². The van der Waals surface area contributed by atoms with Crippen LogP contribution in [0.4, 0.5) is 0 Å². The first-order chi connectivity index (χ1) is 13.6. The number of nitrogens with one attached hydrogen (secondary N) is 1. The lowest BCUT2D eigenvalue weighted by Gasteiger charge is -2.19. The van der Waals surface area contributed by atoms with Crippen LogP contribution < -0.4 is 5.32 Å². The van der Waals surface area contributed by atoms with Crippen molar-refractivity contribution in [2.75, 3.05) is 26.2 Å². The molecule has 2 saturated heterocycles. The average Bonchev–Trinajstić information content (AvgIpc) is 3.38. The van der Waals surface area contributed by atoms with Crippen LogP contribution in [-0.4, -0.2) is 53.7 Å². The van der Waals surface area contributed by atoms with E-state index in [0.717, 1.165) is 31.7 Å². The first kappa shape index (κ1) is 19.6. The molecule has 0 aromatic heterocycles. The van der Waals surface area contributed by atoms with Crippen molar-refractivity contribution in [1.82, 2.24) is 15.1 Å². The Balaban J connectivity index is 0.00000205. The maximum absolute atomic E-state index is 12.9. The zero-order valence-electron chi connectivity index (χ0n) is 15.8. The molecular weight excluding hydrogens is 390 g/mol. The minimum absolute atomic E-state index is 0. The van der Waals surface area contributed by atoms with E-state index < -0.39 is 0 Å². The summed E-state index contributed by atoms with van der Waals surface area (Å²) in [5, 5.41) is 3.38. The fraction of sp³-hybridized carbons (Fsp3) is 0.318. The van der Waals surface area contributed by atoms with Crippen LogP contribution in [0.25, 0.3) is 0 Å². The minimum atomic E-state index is -0.280. The van der Waals surface area contributed by atoms with E-state index in [-0.39, 0.29) is 36.7 Å². The zero-order valence-corrected chi connectivity index (χ0v) is 16.7. The van der Waals surface area contributed by atoms with Gasteiger partial charge in [-0.3, -0.25) is 19.3 Å². The first-order valence-electron chi connectivity index (χ1n) is 9.66. The fourth-order valence-corrected chi connectivity index (χ4v) is 4.57. The lowest BCUT2D eigenvalue weighted by atomic mass is 10.0. The number of fused-ring (bicyclic) bond motifs is 2. The number of amides is 3. The number of benzene rings is 2. The Morgan fingerprint density at radius 1 is 0.931 bits per heavy atom. The largest absolute Gasteiger partial charge is 0.338 e. The molecule has 0 unspecified atom stereocenters. The van der Waals surface area contributed by atoms with Crippen LogP contribution in [0.15, 0.2) is 48.5 Å². The van der Waals surface area contributed by atoms with Crippen LogP contribution in [0, 0.1) is 11.8 Å². The van der Waals surface area contributed by atoms with Gasteiger partial charge in [0.15, 0.2) is 0 Å². The van der Waals surface area contributed by atoms with Crippen LogP contribution >= 0.6 is 12.4 Å². The van der Waals surface area contributed by atoms with Gasteiger partial charge in [-0.05, 0) is 41.7 Å². The van der Waals surface area contributed by atoms with Gasteiger partial charge in [-0.1, -0.05) is 24.3 Å². The monoisotopic (exact) mass is 411 g/mol. The average molecular weight is 412 g/mol. The molecule has 2 aromatic carbocycles. The van der Waals surface area contributed by atoms with Gasteiger partial charge in [-0.2, -0.15) is 0 Å². The number of rotatable bonds is 3. The molecule has 3 heterocycles. The number of likely N-dealkylation sites (tertiary alicyclic amines) is 1. The van der Waals surface area contributed by atoms with Crippen molar-refractivity contribution in [1.29, 1.82) is 0 Å². The second-order valence-electron chi connectivity index (χ2n) is 7.83. The van der Waals surface area contributed by atoms with Gasteiger partial charge >= 0.3 is 0 Å². The van der Waals surface area contributed by atoms with Gasteiger partial charge in [0.05, 0.1) is 17.7 Å². The van der Waals surface area contributed by atoms with Crippen molar-refractivity contribution in [2.45, 2.75) is 6.54 Å². The van der Waals surface area contributed by atoms with E-state index in [4.69, 9.17) is 0 Å². The predicted octanol–water partition coefficient (Wildman–Crippen LogP) is 2.20. The molecule has 5 rings (SSSR count). The third kappa shape index (κ3) is 3.32. The lowest BCUT2D eigenvalue weighted by Crippen LogP contribution is -2.32. The van der Waals surface area contributed by atoms with Crippen LogP contribution in [0.2, 0.25) is 0 Å². The van der Waals surface area contributed by atoms with Gasteiger partial charge < -0.3 is 10.2 Å². The molecule has 7 heteroatoms. The Morgan fingerprint density at radius 3 is 2.17 bits per heavy atom. The normalized spacial score (nSPS) is 22.5. The molecule has 0 bridgehead atoms. The van der Waals surface area contributed by atoms with Gasteiger partial charge in [0.2, 0.25) is 0 Å². The summed E-state index contributed by atoms with van der Waals surface area (Å²) in [5.41, 5.74) is 2.28. The molecule has 0 saturated carbocycles. The number of carbonyl (C=O) groups is 3. The van der Waals surface area contributed by atoms with Gasteiger partial charge in [-0.15, -0.1) is 12.4 Å². The lowest BCUT2D eigenvalue weighted by molar-refractivity contribution is 0.0642. The minimum Gasteiger partial charge on any atom is -0.338 e. The van der Waals surface area contributed by atoms with E-state index in [9.17, 15) is 14.4 Å². The molecule has 3 aliphatic heterocycles. The summed E-state index contributed by atoms with van der Waals surface area (Å²) < 4.78 is 0. The van der Waals surface area contributed by atoms with Gasteiger partial charge in [0, 0.05) is 31.7 Å². The Hall–Kier alpha value is -2.70. The van der Waals surface area contributed by atoms with Gasteiger partial charge in [-0.25, -0.2) is 0 Å². The number of hydrogen-bond donors (Lipinski definition) is 1. The smallest absolute Gasteiger partial charge is 0.261 e. The highest BCUT2D eigenvalue weighted by atomic mass is 35.5. The SMILES string of the molecule is Cl.O=C(c1cccc(CN2C(=O)c3ccccc3C2=O)c1)N1C[C@H]2CNC[C@H]2C1. The van der Waals surface area contributed by atoms with Crippen molar-refractivity contribution >= 4 is 30.1 Å². The highest BCUT2D eigenvalue weighted by Gasteiger charge is 2.38. The molecule has 2 aromatic rings. The maximum Gasteiger partial charge on any atom is 0.261 e. The molecule has 3 aliphatic rings.